The lowest BCUT2D eigenvalue weighted by Gasteiger charge is -2.02. The van der Waals surface area contributed by atoms with Crippen molar-refractivity contribution in [1.29, 1.82) is 0 Å². The summed E-state index contributed by atoms with van der Waals surface area (Å²) in [5.74, 6) is -1.07. The van der Waals surface area contributed by atoms with Gasteiger partial charge in [0.25, 0.3) is 0 Å². The average Bonchev–Trinajstić information content (AvgIpc) is 2.91. The molecule has 0 unspecified atom stereocenters. The first-order valence-electron chi connectivity index (χ1n) is 5.01. The lowest BCUT2D eigenvalue weighted by atomic mass is 10.3. The van der Waals surface area contributed by atoms with Crippen LogP contribution in [0.2, 0.25) is 0 Å². The van der Waals surface area contributed by atoms with Crippen molar-refractivity contribution in [3.05, 3.63) is 36.0 Å². The van der Waals surface area contributed by atoms with Gasteiger partial charge in [0.05, 0.1) is 12.1 Å². The number of nitrogens with two attached hydrogens (primary N) is 1. The molecule has 0 saturated heterocycles. The summed E-state index contributed by atoms with van der Waals surface area (Å²) < 4.78 is 32.7. The highest BCUT2D eigenvalue weighted by atomic mass is 19.1. The Morgan fingerprint density at radius 2 is 2.17 bits per heavy atom. The molecule has 8 heteroatoms. The molecule has 0 aliphatic rings. The second-order valence-electron chi connectivity index (χ2n) is 3.66. The minimum absolute atomic E-state index is 0.0115. The number of hydrogen-bond acceptors (Lipinski definition) is 5. The molecule has 2 N–H and O–H groups in total. The van der Waals surface area contributed by atoms with Gasteiger partial charge in [0.1, 0.15) is 11.3 Å². The third-order valence-electron chi connectivity index (χ3n) is 2.51. The van der Waals surface area contributed by atoms with Gasteiger partial charge in [0, 0.05) is 12.1 Å². The zero-order valence-corrected chi connectivity index (χ0v) is 8.97. The van der Waals surface area contributed by atoms with Crippen molar-refractivity contribution >= 4 is 17.0 Å². The molecule has 0 atom stereocenters. The summed E-state index contributed by atoms with van der Waals surface area (Å²) in [5, 5.41) is 3.61. The minimum Gasteiger partial charge on any atom is -0.369 e. The van der Waals surface area contributed by atoms with Crippen molar-refractivity contribution in [2.45, 2.75) is 6.54 Å². The van der Waals surface area contributed by atoms with Crippen LogP contribution in [0, 0.1) is 11.6 Å². The maximum atomic E-state index is 13.5. The number of halogens is 2. The normalized spacial score (nSPS) is 11.2. The Morgan fingerprint density at radius 3 is 2.89 bits per heavy atom. The lowest BCUT2D eigenvalue weighted by molar-refractivity contribution is 0.408. The van der Waals surface area contributed by atoms with Gasteiger partial charge in [0.2, 0.25) is 12.3 Å². The maximum Gasteiger partial charge on any atom is 0.213 e. The standard InChI is InChI=1S/C10H7F2N5O/c11-5-1-6(12)9-7(2-5)17(10(13)15-9)3-8-14-4-18-16-8/h1-2,4H,3H2,(H2,13,15). The quantitative estimate of drug-likeness (QED) is 0.742. The molecule has 0 aliphatic carbocycles. The number of nitrogens with zero attached hydrogens (tertiary/aromatic N) is 4. The summed E-state index contributed by atoms with van der Waals surface area (Å²) in [4.78, 5) is 7.66. The van der Waals surface area contributed by atoms with Crippen LogP contribution >= 0.6 is 0 Å². The first-order valence-corrected chi connectivity index (χ1v) is 5.01. The van der Waals surface area contributed by atoms with Gasteiger partial charge in [-0.3, -0.25) is 0 Å². The molecule has 3 aromatic rings. The maximum absolute atomic E-state index is 13.5. The second kappa shape index (κ2) is 3.76. The van der Waals surface area contributed by atoms with E-state index in [-0.39, 0.29) is 23.5 Å². The average molecular weight is 251 g/mol. The molecule has 0 spiro atoms. The molecule has 92 valence electrons. The Morgan fingerprint density at radius 1 is 1.33 bits per heavy atom. The number of nitrogen functional groups attached to an aromatic ring is 1. The van der Waals surface area contributed by atoms with Gasteiger partial charge >= 0.3 is 0 Å². The second-order valence-corrected chi connectivity index (χ2v) is 3.66. The van der Waals surface area contributed by atoms with Crippen molar-refractivity contribution in [3.63, 3.8) is 0 Å². The molecule has 0 radical (unpaired) electrons. The van der Waals surface area contributed by atoms with E-state index >= 15 is 0 Å². The minimum atomic E-state index is -0.761. The number of benzene rings is 1. The summed E-state index contributed by atoms with van der Waals surface area (Å²) in [6.07, 6.45) is 1.16. The summed E-state index contributed by atoms with van der Waals surface area (Å²) >= 11 is 0. The highest BCUT2D eigenvalue weighted by molar-refractivity contribution is 5.79. The summed E-state index contributed by atoms with van der Waals surface area (Å²) in [5.41, 5.74) is 5.92. The zero-order valence-electron chi connectivity index (χ0n) is 8.97. The number of rotatable bonds is 2. The van der Waals surface area contributed by atoms with E-state index < -0.39 is 11.6 Å². The van der Waals surface area contributed by atoms with Gasteiger partial charge < -0.3 is 14.8 Å². The van der Waals surface area contributed by atoms with Crippen LogP contribution in [0.15, 0.2) is 23.0 Å². The third kappa shape index (κ3) is 1.58. The van der Waals surface area contributed by atoms with E-state index in [9.17, 15) is 8.78 Å². The molecule has 0 aliphatic heterocycles. The molecular formula is C10H7F2N5O. The molecular weight excluding hydrogens is 244 g/mol. The van der Waals surface area contributed by atoms with Crippen molar-refractivity contribution in [2.75, 3.05) is 5.73 Å². The topological polar surface area (TPSA) is 82.8 Å². The van der Waals surface area contributed by atoms with Gasteiger partial charge in [-0.15, -0.1) is 0 Å². The van der Waals surface area contributed by atoms with Crippen LogP contribution in [-0.2, 0) is 6.54 Å². The third-order valence-corrected chi connectivity index (χ3v) is 2.51. The first-order chi connectivity index (χ1) is 8.65. The monoisotopic (exact) mass is 251 g/mol. The summed E-state index contributed by atoms with van der Waals surface area (Å²) in [6, 6.07) is 1.91. The largest absolute Gasteiger partial charge is 0.369 e. The molecule has 0 fully saturated rings. The predicted molar refractivity (Wildman–Crippen MR) is 57.5 cm³/mol. The van der Waals surface area contributed by atoms with Crippen LogP contribution in [0.5, 0.6) is 0 Å². The van der Waals surface area contributed by atoms with Crippen LogP contribution in [0.3, 0.4) is 0 Å². The van der Waals surface area contributed by atoms with Gasteiger partial charge in [-0.2, -0.15) is 4.98 Å². The fourth-order valence-electron chi connectivity index (χ4n) is 1.74. The van der Waals surface area contributed by atoms with E-state index in [0.717, 1.165) is 18.5 Å². The molecule has 0 amide bonds. The molecule has 1 aromatic carbocycles. The summed E-state index contributed by atoms with van der Waals surface area (Å²) in [6.45, 7) is 0.127. The lowest BCUT2D eigenvalue weighted by Crippen LogP contribution is -2.05. The Bertz CT molecular complexity index is 707. The fraction of sp³-hybridized carbons (Fsp3) is 0.100. The fourth-order valence-corrected chi connectivity index (χ4v) is 1.74. The number of aromatic nitrogens is 4. The highest BCUT2D eigenvalue weighted by Crippen LogP contribution is 2.22. The van der Waals surface area contributed by atoms with Crippen molar-refractivity contribution < 1.29 is 13.3 Å². The first kappa shape index (κ1) is 10.6. The van der Waals surface area contributed by atoms with Crippen LogP contribution in [-0.4, -0.2) is 19.7 Å². The van der Waals surface area contributed by atoms with E-state index in [4.69, 9.17) is 5.73 Å². The van der Waals surface area contributed by atoms with Gasteiger partial charge in [-0.05, 0) is 0 Å². The molecule has 0 saturated carbocycles. The molecule has 2 aromatic heterocycles. The summed E-state index contributed by atoms with van der Waals surface area (Å²) in [7, 11) is 0. The van der Waals surface area contributed by atoms with Gasteiger partial charge in [-0.1, -0.05) is 5.16 Å². The molecule has 2 heterocycles. The SMILES string of the molecule is Nc1nc2c(F)cc(F)cc2n1Cc1ncon1. The van der Waals surface area contributed by atoms with E-state index in [1.807, 2.05) is 0 Å². The molecule has 3 rings (SSSR count). The Balaban J connectivity index is 2.19. The Hall–Kier alpha value is -2.51. The highest BCUT2D eigenvalue weighted by Gasteiger charge is 2.15. The molecule has 18 heavy (non-hydrogen) atoms. The Labute approximate surface area is 99.0 Å². The van der Waals surface area contributed by atoms with E-state index in [1.54, 1.807) is 0 Å². The number of fused-ring (bicyclic) bond motifs is 1. The van der Waals surface area contributed by atoms with E-state index in [2.05, 4.69) is 19.6 Å². The van der Waals surface area contributed by atoms with Gasteiger partial charge in [-0.25, -0.2) is 13.8 Å². The van der Waals surface area contributed by atoms with Crippen molar-refractivity contribution in [2.24, 2.45) is 0 Å². The Kier molecular flexibility index (Phi) is 2.22. The van der Waals surface area contributed by atoms with Crippen LogP contribution < -0.4 is 5.73 Å². The van der Waals surface area contributed by atoms with E-state index in [1.165, 1.54) is 4.57 Å². The van der Waals surface area contributed by atoms with Crippen molar-refractivity contribution in [1.82, 2.24) is 19.7 Å². The number of imidazole rings is 1. The zero-order chi connectivity index (χ0) is 12.7. The van der Waals surface area contributed by atoms with Crippen molar-refractivity contribution in [3.8, 4) is 0 Å². The molecule has 6 nitrogen and oxygen atoms in total. The predicted octanol–water partition coefficient (Wildman–Crippen LogP) is 1.33. The van der Waals surface area contributed by atoms with Crippen LogP contribution in [0.1, 0.15) is 5.82 Å². The van der Waals surface area contributed by atoms with E-state index in [0.29, 0.717) is 5.82 Å². The number of hydrogen-bond donors (Lipinski definition) is 1. The van der Waals surface area contributed by atoms with Crippen LogP contribution in [0.25, 0.3) is 11.0 Å². The smallest absolute Gasteiger partial charge is 0.213 e. The number of anilines is 1. The van der Waals surface area contributed by atoms with Gasteiger partial charge in [0.15, 0.2) is 11.6 Å². The molecule has 0 bridgehead atoms. The van der Waals surface area contributed by atoms with Crippen LogP contribution in [0.4, 0.5) is 14.7 Å².